The molecule has 8 heteroatoms. The Hall–Kier alpha value is -2.48. The molecule has 0 unspecified atom stereocenters. The highest BCUT2D eigenvalue weighted by molar-refractivity contribution is 7.90. The van der Waals surface area contributed by atoms with E-state index in [1.165, 1.54) is 12.6 Å². The van der Waals surface area contributed by atoms with Gasteiger partial charge in [-0.1, -0.05) is 13.8 Å². The molecule has 0 aliphatic heterocycles. The van der Waals surface area contributed by atoms with Crippen LogP contribution in [-0.2, 0) is 9.84 Å². The zero-order chi connectivity index (χ0) is 16.6. The van der Waals surface area contributed by atoms with Crippen molar-refractivity contribution in [1.82, 2.24) is 19.6 Å². The molecular formula is C15H17N5O2S. The van der Waals surface area contributed by atoms with E-state index in [0.29, 0.717) is 5.78 Å². The zero-order valence-electron chi connectivity index (χ0n) is 13.1. The minimum absolute atomic E-state index is 0.255. The Labute approximate surface area is 134 Å². The Morgan fingerprint density at radius 3 is 2.48 bits per heavy atom. The van der Waals surface area contributed by atoms with Gasteiger partial charge < -0.3 is 5.32 Å². The number of anilines is 2. The third kappa shape index (κ3) is 3.16. The third-order valence-corrected chi connectivity index (χ3v) is 4.55. The van der Waals surface area contributed by atoms with Crippen LogP contribution in [0.2, 0.25) is 0 Å². The number of rotatable bonds is 4. The second-order valence-electron chi connectivity index (χ2n) is 5.61. The molecule has 120 valence electrons. The highest BCUT2D eigenvalue weighted by Gasteiger charge is 2.11. The minimum Gasteiger partial charge on any atom is -0.340 e. The lowest BCUT2D eigenvalue weighted by molar-refractivity contribution is 0.602. The van der Waals surface area contributed by atoms with Gasteiger partial charge in [-0.3, -0.25) is 0 Å². The van der Waals surface area contributed by atoms with E-state index in [9.17, 15) is 8.42 Å². The van der Waals surface area contributed by atoms with Gasteiger partial charge in [0, 0.05) is 18.0 Å². The van der Waals surface area contributed by atoms with E-state index in [-0.39, 0.29) is 10.8 Å². The van der Waals surface area contributed by atoms with Gasteiger partial charge in [0.05, 0.1) is 10.6 Å². The molecule has 3 rings (SSSR count). The molecule has 2 aromatic heterocycles. The molecule has 1 aromatic carbocycles. The molecule has 0 aliphatic carbocycles. The van der Waals surface area contributed by atoms with Crippen molar-refractivity contribution < 1.29 is 8.42 Å². The highest BCUT2D eigenvalue weighted by atomic mass is 32.2. The summed E-state index contributed by atoms with van der Waals surface area (Å²) in [5, 5.41) is 7.39. The summed E-state index contributed by atoms with van der Waals surface area (Å²) in [6.07, 6.45) is 2.64. The van der Waals surface area contributed by atoms with Gasteiger partial charge in [-0.25, -0.2) is 13.4 Å². The predicted octanol–water partition coefficient (Wildman–Crippen LogP) is 2.39. The van der Waals surface area contributed by atoms with Crippen LogP contribution in [0.15, 0.2) is 41.6 Å². The summed E-state index contributed by atoms with van der Waals surface area (Å²) in [5.74, 6) is 1.50. The van der Waals surface area contributed by atoms with Crippen molar-refractivity contribution in [1.29, 1.82) is 0 Å². The summed E-state index contributed by atoms with van der Waals surface area (Å²) in [5.41, 5.74) is 1.66. The second-order valence-corrected chi connectivity index (χ2v) is 7.63. The molecule has 0 atom stereocenters. The largest absolute Gasteiger partial charge is 0.340 e. The van der Waals surface area contributed by atoms with Crippen molar-refractivity contribution in [3.8, 4) is 0 Å². The van der Waals surface area contributed by atoms with Crippen LogP contribution in [0.5, 0.6) is 0 Å². The van der Waals surface area contributed by atoms with Crippen LogP contribution < -0.4 is 5.32 Å². The number of nitrogens with zero attached hydrogens (tertiary/aromatic N) is 4. The van der Waals surface area contributed by atoms with Gasteiger partial charge in [0.15, 0.2) is 9.84 Å². The van der Waals surface area contributed by atoms with Gasteiger partial charge in [0.2, 0.25) is 0 Å². The van der Waals surface area contributed by atoms with Crippen LogP contribution in [0.4, 0.5) is 11.5 Å². The molecule has 7 nitrogen and oxygen atoms in total. The van der Waals surface area contributed by atoms with E-state index < -0.39 is 9.84 Å². The van der Waals surface area contributed by atoms with Crippen molar-refractivity contribution >= 4 is 27.1 Å². The van der Waals surface area contributed by atoms with Crippen molar-refractivity contribution in [3.63, 3.8) is 0 Å². The maximum absolute atomic E-state index is 11.5. The first-order valence-corrected chi connectivity index (χ1v) is 9.01. The van der Waals surface area contributed by atoms with Crippen molar-refractivity contribution in [2.24, 2.45) is 0 Å². The molecule has 0 saturated heterocycles. The summed E-state index contributed by atoms with van der Waals surface area (Å²) in [7, 11) is -3.20. The van der Waals surface area contributed by atoms with Gasteiger partial charge in [-0.05, 0) is 30.2 Å². The maximum atomic E-state index is 11.5. The number of aromatic nitrogens is 4. The smallest absolute Gasteiger partial charge is 0.254 e. The number of benzene rings is 1. The molecule has 0 spiro atoms. The lowest BCUT2D eigenvalue weighted by Crippen LogP contribution is -2.05. The standard InChI is InChI=1S/C15H17N5O2S/c1-10(2)13-8-14(20-15(19-13)16-9-17-20)18-11-4-6-12(7-5-11)23(3,21)22/h4-10,18H,1-3H3. The van der Waals surface area contributed by atoms with Crippen LogP contribution in [0, 0.1) is 0 Å². The van der Waals surface area contributed by atoms with E-state index in [2.05, 4.69) is 34.2 Å². The number of fused-ring (bicyclic) bond motifs is 1. The summed E-state index contributed by atoms with van der Waals surface area (Å²) < 4.78 is 24.6. The SMILES string of the molecule is CC(C)c1cc(Nc2ccc(S(C)(=O)=O)cc2)n2ncnc2n1. The normalized spacial score (nSPS) is 12.0. The van der Waals surface area contributed by atoms with Crippen LogP contribution >= 0.6 is 0 Å². The first-order valence-electron chi connectivity index (χ1n) is 7.12. The molecule has 0 saturated carbocycles. The van der Waals surface area contributed by atoms with Crippen LogP contribution in [-0.4, -0.2) is 34.3 Å². The summed E-state index contributed by atoms with van der Waals surface area (Å²) >= 11 is 0. The monoisotopic (exact) mass is 331 g/mol. The molecule has 0 fully saturated rings. The third-order valence-electron chi connectivity index (χ3n) is 3.42. The average molecular weight is 331 g/mol. The van der Waals surface area contributed by atoms with Crippen molar-refractivity contribution in [3.05, 3.63) is 42.4 Å². The molecule has 0 bridgehead atoms. The van der Waals surface area contributed by atoms with Gasteiger partial charge in [-0.15, -0.1) is 0 Å². The van der Waals surface area contributed by atoms with Crippen molar-refractivity contribution in [2.75, 3.05) is 11.6 Å². The Bertz CT molecular complexity index is 946. The first-order chi connectivity index (χ1) is 10.8. The fourth-order valence-corrected chi connectivity index (χ4v) is 2.78. The fraction of sp³-hybridized carbons (Fsp3) is 0.267. The van der Waals surface area contributed by atoms with Gasteiger partial charge in [-0.2, -0.15) is 14.6 Å². The number of hydrogen-bond donors (Lipinski definition) is 1. The van der Waals surface area contributed by atoms with E-state index in [4.69, 9.17) is 0 Å². The predicted molar refractivity (Wildman–Crippen MR) is 87.7 cm³/mol. The van der Waals surface area contributed by atoms with Gasteiger partial charge in [0.1, 0.15) is 12.1 Å². The minimum atomic E-state index is -3.20. The summed E-state index contributed by atoms with van der Waals surface area (Å²) in [4.78, 5) is 8.87. The van der Waals surface area contributed by atoms with Gasteiger partial charge >= 0.3 is 0 Å². The lowest BCUT2D eigenvalue weighted by atomic mass is 10.1. The van der Waals surface area contributed by atoms with E-state index in [1.54, 1.807) is 28.8 Å². The Morgan fingerprint density at radius 2 is 1.87 bits per heavy atom. The fourth-order valence-electron chi connectivity index (χ4n) is 2.15. The second kappa shape index (κ2) is 5.62. The van der Waals surface area contributed by atoms with E-state index >= 15 is 0 Å². The molecule has 0 aliphatic rings. The molecule has 1 N–H and O–H groups in total. The van der Waals surface area contributed by atoms with Gasteiger partial charge in [0.25, 0.3) is 5.78 Å². The topological polar surface area (TPSA) is 89.2 Å². The lowest BCUT2D eigenvalue weighted by Gasteiger charge is -2.11. The Morgan fingerprint density at radius 1 is 1.17 bits per heavy atom. The maximum Gasteiger partial charge on any atom is 0.254 e. The molecular weight excluding hydrogens is 314 g/mol. The van der Waals surface area contributed by atoms with E-state index in [1.807, 2.05) is 6.07 Å². The zero-order valence-corrected chi connectivity index (χ0v) is 13.9. The number of hydrogen-bond acceptors (Lipinski definition) is 6. The van der Waals surface area contributed by atoms with Crippen molar-refractivity contribution in [2.45, 2.75) is 24.7 Å². The Balaban J connectivity index is 1.99. The average Bonchev–Trinajstić information content (AvgIpc) is 2.95. The van der Waals surface area contributed by atoms with Crippen LogP contribution in [0.1, 0.15) is 25.5 Å². The molecule has 2 heterocycles. The van der Waals surface area contributed by atoms with Crippen LogP contribution in [0.25, 0.3) is 5.78 Å². The molecule has 0 radical (unpaired) electrons. The number of nitrogens with one attached hydrogen (secondary N) is 1. The quantitative estimate of drug-likeness (QED) is 0.789. The van der Waals surface area contributed by atoms with E-state index in [0.717, 1.165) is 17.2 Å². The first kappa shape index (κ1) is 15.4. The Kier molecular flexibility index (Phi) is 3.77. The highest BCUT2D eigenvalue weighted by Crippen LogP contribution is 2.22. The summed E-state index contributed by atoms with van der Waals surface area (Å²) in [6.45, 7) is 4.11. The number of sulfone groups is 1. The molecule has 0 amide bonds. The van der Waals surface area contributed by atoms with Crippen LogP contribution in [0.3, 0.4) is 0 Å². The summed E-state index contributed by atoms with van der Waals surface area (Å²) in [6, 6.07) is 8.49. The molecule has 23 heavy (non-hydrogen) atoms. The molecule has 3 aromatic rings.